The van der Waals surface area contributed by atoms with Crippen LogP contribution in [0.15, 0.2) is 54.6 Å². The molecule has 2 unspecified atom stereocenters. The van der Waals surface area contributed by atoms with Gasteiger partial charge in [-0.15, -0.1) is 0 Å². The van der Waals surface area contributed by atoms with Crippen molar-refractivity contribution >= 4 is 12.1 Å². The van der Waals surface area contributed by atoms with Crippen LogP contribution in [0.1, 0.15) is 29.3 Å². The van der Waals surface area contributed by atoms with Crippen LogP contribution >= 0.6 is 0 Å². The van der Waals surface area contributed by atoms with Gasteiger partial charge in [0.15, 0.2) is 0 Å². The highest BCUT2D eigenvalue weighted by atomic mass is 16.5. The Morgan fingerprint density at radius 1 is 1.27 bits per heavy atom. The van der Waals surface area contributed by atoms with E-state index in [0.29, 0.717) is 24.6 Å². The lowest BCUT2D eigenvalue weighted by Gasteiger charge is -2.30. The molecule has 0 saturated carbocycles. The number of aryl methyl sites for hydroxylation is 1. The second-order valence-electron chi connectivity index (χ2n) is 7.68. The number of aromatic hydroxyl groups is 1. The predicted molar refractivity (Wildman–Crippen MR) is 120 cm³/mol. The molecular weight excluding hydrogens is 378 g/mol. The van der Waals surface area contributed by atoms with Crippen LogP contribution in [-0.2, 0) is 11.2 Å². The molecule has 2 aromatic carbocycles. The number of morpholine rings is 1. The van der Waals surface area contributed by atoms with Gasteiger partial charge in [0.2, 0.25) is 0 Å². The number of carbonyl (C=O) groups excluding carboxylic acids is 1. The number of phenolic OH excluding ortho intramolecular Hbond substituents is 1. The molecule has 1 heterocycles. The Morgan fingerprint density at radius 3 is 2.60 bits per heavy atom. The number of benzene rings is 2. The fourth-order valence-electron chi connectivity index (χ4n) is 3.03. The average Bonchev–Trinajstić information content (AvgIpc) is 2.77. The lowest BCUT2D eigenvalue weighted by atomic mass is 10.0. The van der Waals surface area contributed by atoms with E-state index in [1.165, 1.54) is 23.9 Å². The highest BCUT2D eigenvalue weighted by Crippen LogP contribution is 2.10. The zero-order chi connectivity index (χ0) is 21.8. The second kappa shape index (κ2) is 12.8. The molecule has 162 valence electrons. The van der Waals surface area contributed by atoms with Crippen LogP contribution in [0.25, 0.3) is 0 Å². The van der Waals surface area contributed by atoms with Crippen molar-refractivity contribution in [3.8, 4) is 5.75 Å². The molecular formula is C24H33N3O3. The molecule has 0 aliphatic carbocycles. The third-order valence-electron chi connectivity index (χ3n) is 4.98. The molecule has 30 heavy (non-hydrogen) atoms. The first-order valence-corrected chi connectivity index (χ1v) is 10.4. The summed E-state index contributed by atoms with van der Waals surface area (Å²) in [7, 11) is 2.04. The summed E-state index contributed by atoms with van der Waals surface area (Å²) in [6.07, 6.45) is 3.72. The lowest BCUT2D eigenvalue weighted by molar-refractivity contribution is -0.0175. The Kier molecular flexibility index (Phi) is 10.0. The summed E-state index contributed by atoms with van der Waals surface area (Å²) in [5.41, 5.74) is 1.91. The molecule has 1 aliphatic heterocycles. The SMILES string of the molecule is CC(C=N)CCc1ccccc1.CN1CCOC(CNC(=O)c2ccc(O)cc2)C1. The molecule has 0 spiro atoms. The molecule has 6 heteroatoms. The maximum atomic E-state index is 11.8. The van der Waals surface area contributed by atoms with Crippen LogP contribution in [0.2, 0.25) is 0 Å². The number of phenols is 1. The Balaban J connectivity index is 0.000000232. The van der Waals surface area contributed by atoms with Gasteiger partial charge in [-0.05, 0) is 61.9 Å². The number of hydrogen-bond donors (Lipinski definition) is 3. The molecule has 0 aromatic heterocycles. The third-order valence-corrected chi connectivity index (χ3v) is 4.98. The van der Waals surface area contributed by atoms with Gasteiger partial charge < -0.3 is 25.5 Å². The maximum Gasteiger partial charge on any atom is 0.251 e. The number of ether oxygens (including phenoxy) is 1. The third kappa shape index (κ3) is 8.76. The van der Waals surface area contributed by atoms with Gasteiger partial charge in [-0.3, -0.25) is 4.79 Å². The van der Waals surface area contributed by atoms with Gasteiger partial charge in [-0.2, -0.15) is 0 Å². The molecule has 6 nitrogen and oxygen atoms in total. The van der Waals surface area contributed by atoms with E-state index >= 15 is 0 Å². The van der Waals surface area contributed by atoms with Crippen molar-refractivity contribution in [1.82, 2.24) is 10.2 Å². The lowest BCUT2D eigenvalue weighted by Crippen LogP contribution is -2.45. The van der Waals surface area contributed by atoms with Gasteiger partial charge in [0.1, 0.15) is 5.75 Å². The van der Waals surface area contributed by atoms with Crippen molar-refractivity contribution in [2.24, 2.45) is 5.92 Å². The Labute approximate surface area is 179 Å². The normalized spacial score (nSPS) is 17.3. The van der Waals surface area contributed by atoms with E-state index in [1.54, 1.807) is 12.1 Å². The Hall–Kier alpha value is -2.70. The first-order valence-electron chi connectivity index (χ1n) is 10.4. The van der Waals surface area contributed by atoms with E-state index in [4.69, 9.17) is 15.3 Å². The molecule has 3 rings (SSSR count). The van der Waals surface area contributed by atoms with E-state index in [0.717, 1.165) is 25.9 Å². The van der Waals surface area contributed by atoms with Gasteiger partial charge >= 0.3 is 0 Å². The zero-order valence-corrected chi connectivity index (χ0v) is 17.9. The number of nitrogens with zero attached hydrogens (tertiary/aromatic N) is 1. The first-order chi connectivity index (χ1) is 14.5. The zero-order valence-electron chi connectivity index (χ0n) is 17.9. The molecule has 1 aliphatic rings. The molecule has 0 bridgehead atoms. The van der Waals surface area contributed by atoms with E-state index < -0.39 is 0 Å². The summed E-state index contributed by atoms with van der Waals surface area (Å²) in [4.78, 5) is 14.0. The molecule has 1 saturated heterocycles. The van der Waals surface area contributed by atoms with Gasteiger partial charge in [-0.25, -0.2) is 0 Å². The Bertz CT molecular complexity index is 765. The minimum absolute atomic E-state index is 0.0461. The quantitative estimate of drug-likeness (QED) is 0.610. The largest absolute Gasteiger partial charge is 0.508 e. The fraction of sp³-hybridized carbons (Fsp3) is 0.417. The second-order valence-corrected chi connectivity index (χ2v) is 7.68. The highest BCUT2D eigenvalue weighted by molar-refractivity contribution is 5.94. The number of hydrogen-bond acceptors (Lipinski definition) is 5. The van der Waals surface area contributed by atoms with E-state index in [-0.39, 0.29) is 17.8 Å². The monoisotopic (exact) mass is 411 g/mol. The summed E-state index contributed by atoms with van der Waals surface area (Å²) in [5, 5.41) is 19.0. The fourth-order valence-corrected chi connectivity index (χ4v) is 3.03. The summed E-state index contributed by atoms with van der Waals surface area (Å²) in [6.45, 7) is 5.05. The van der Waals surface area contributed by atoms with Crippen molar-refractivity contribution in [2.45, 2.75) is 25.9 Å². The maximum absolute atomic E-state index is 11.8. The smallest absolute Gasteiger partial charge is 0.251 e. The predicted octanol–water partition coefficient (Wildman–Crippen LogP) is 3.36. The standard InChI is InChI=1S/C13H18N2O3.C11H15N/c1-15-6-7-18-12(9-15)8-14-13(17)10-2-4-11(16)5-3-10;1-10(9-12)7-8-11-5-3-2-4-6-11/h2-5,12,16H,6-9H2,1H3,(H,14,17);2-6,9-10,12H,7-8H2,1H3. The van der Waals surface area contributed by atoms with E-state index in [9.17, 15) is 4.79 Å². The van der Waals surface area contributed by atoms with Crippen molar-refractivity contribution in [1.29, 1.82) is 5.41 Å². The van der Waals surface area contributed by atoms with E-state index in [2.05, 4.69) is 41.4 Å². The van der Waals surface area contributed by atoms with E-state index in [1.807, 2.05) is 13.1 Å². The van der Waals surface area contributed by atoms with Crippen LogP contribution in [0, 0.1) is 11.3 Å². The molecule has 0 radical (unpaired) electrons. The minimum atomic E-state index is -0.146. The summed E-state index contributed by atoms with van der Waals surface area (Å²) >= 11 is 0. The minimum Gasteiger partial charge on any atom is -0.508 e. The van der Waals surface area contributed by atoms with Gasteiger partial charge in [0.05, 0.1) is 12.7 Å². The summed E-state index contributed by atoms with van der Waals surface area (Å²) in [6, 6.07) is 16.6. The first kappa shape index (κ1) is 23.6. The average molecular weight is 412 g/mol. The molecule has 2 aromatic rings. The molecule has 3 N–H and O–H groups in total. The van der Waals surface area contributed by atoms with Crippen LogP contribution < -0.4 is 5.32 Å². The number of likely N-dealkylation sites (N-methyl/N-ethyl adjacent to an activating group) is 1. The molecule has 1 amide bonds. The van der Waals surface area contributed by atoms with Crippen molar-refractivity contribution in [3.05, 3.63) is 65.7 Å². The topological polar surface area (TPSA) is 85.7 Å². The van der Waals surface area contributed by atoms with Crippen molar-refractivity contribution < 1.29 is 14.6 Å². The summed E-state index contributed by atoms with van der Waals surface area (Å²) in [5.74, 6) is 0.417. The van der Waals surface area contributed by atoms with Gasteiger partial charge in [0, 0.05) is 25.2 Å². The van der Waals surface area contributed by atoms with Crippen LogP contribution in [0.3, 0.4) is 0 Å². The number of rotatable bonds is 7. The van der Waals surface area contributed by atoms with Gasteiger partial charge in [-0.1, -0.05) is 37.3 Å². The number of carbonyl (C=O) groups is 1. The number of amides is 1. The van der Waals surface area contributed by atoms with Crippen LogP contribution in [0.5, 0.6) is 5.75 Å². The van der Waals surface area contributed by atoms with Crippen LogP contribution in [-0.4, -0.2) is 61.5 Å². The van der Waals surface area contributed by atoms with Crippen molar-refractivity contribution in [2.75, 3.05) is 33.3 Å². The van der Waals surface area contributed by atoms with Crippen LogP contribution in [0.4, 0.5) is 0 Å². The highest BCUT2D eigenvalue weighted by Gasteiger charge is 2.18. The molecule has 2 atom stereocenters. The van der Waals surface area contributed by atoms with Gasteiger partial charge in [0.25, 0.3) is 5.91 Å². The molecule has 1 fully saturated rings. The summed E-state index contributed by atoms with van der Waals surface area (Å²) < 4.78 is 5.56. The van der Waals surface area contributed by atoms with Crippen molar-refractivity contribution in [3.63, 3.8) is 0 Å². The Morgan fingerprint density at radius 2 is 1.97 bits per heavy atom. The number of nitrogens with one attached hydrogen (secondary N) is 2.